The van der Waals surface area contributed by atoms with E-state index >= 15 is 0 Å². The van der Waals surface area contributed by atoms with E-state index in [0.29, 0.717) is 18.8 Å². The van der Waals surface area contributed by atoms with Crippen molar-refractivity contribution in [3.8, 4) is 0 Å². The number of nitrogens with one attached hydrogen (secondary N) is 2. The number of rotatable bonds is 0. The number of carbonyl (C=O) groups excluding carboxylic acids is 1. The number of aliphatic hydroxyl groups is 1. The van der Waals surface area contributed by atoms with Gasteiger partial charge in [0.25, 0.3) is 5.91 Å². The predicted octanol–water partition coefficient (Wildman–Crippen LogP) is -0.895. The van der Waals surface area contributed by atoms with Crippen molar-refractivity contribution < 1.29 is 9.90 Å². The molecule has 1 amide bonds. The summed E-state index contributed by atoms with van der Waals surface area (Å²) in [5.41, 5.74) is 0.376. The van der Waals surface area contributed by atoms with Crippen LogP contribution in [0, 0.1) is 0 Å². The van der Waals surface area contributed by atoms with Crippen LogP contribution in [0.3, 0.4) is 0 Å². The fraction of sp³-hybridized carbons (Fsp3) is 0.400. The van der Waals surface area contributed by atoms with Crippen LogP contribution in [-0.2, 0) is 4.79 Å². The fourth-order valence-corrected chi connectivity index (χ4v) is 0.638. The number of hydrogen-bond donors (Lipinski definition) is 3. The lowest BCUT2D eigenvalue weighted by atomic mass is 10.2. The molecule has 4 nitrogen and oxygen atoms in total. The van der Waals surface area contributed by atoms with Crippen LogP contribution < -0.4 is 10.6 Å². The zero-order chi connectivity index (χ0) is 6.69. The standard InChI is InChI=1S/C5H8N2O2/c8-2-4-1-6-3-7-5(4)9/h2,6,8H,1,3H2,(H,7,9). The minimum Gasteiger partial charge on any atom is -0.515 e. The number of carbonyl (C=O) groups is 1. The molecule has 4 heteroatoms. The molecule has 1 saturated heterocycles. The fourth-order valence-electron chi connectivity index (χ4n) is 0.638. The average Bonchev–Trinajstić information content (AvgIpc) is 1.89. The van der Waals surface area contributed by atoms with Gasteiger partial charge in [-0.1, -0.05) is 0 Å². The molecule has 0 saturated carbocycles. The molecule has 0 unspecified atom stereocenters. The number of hydrogen-bond acceptors (Lipinski definition) is 3. The maximum Gasteiger partial charge on any atom is 0.252 e. The van der Waals surface area contributed by atoms with Crippen molar-refractivity contribution in [3.05, 3.63) is 11.8 Å². The molecule has 1 fully saturated rings. The third kappa shape index (κ3) is 1.20. The monoisotopic (exact) mass is 128 g/mol. The molecule has 1 aliphatic heterocycles. The first kappa shape index (κ1) is 6.10. The van der Waals surface area contributed by atoms with Crippen molar-refractivity contribution >= 4 is 5.91 Å². The molecule has 0 spiro atoms. The topological polar surface area (TPSA) is 61.4 Å². The Kier molecular flexibility index (Phi) is 1.69. The van der Waals surface area contributed by atoms with E-state index < -0.39 is 0 Å². The molecular weight excluding hydrogens is 120 g/mol. The van der Waals surface area contributed by atoms with E-state index in [2.05, 4.69) is 10.6 Å². The van der Waals surface area contributed by atoms with E-state index in [1.807, 2.05) is 0 Å². The van der Waals surface area contributed by atoms with Crippen LogP contribution in [0.1, 0.15) is 0 Å². The van der Waals surface area contributed by atoms with Crippen molar-refractivity contribution in [2.45, 2.75) is 0 Å². The van der Waals surface area contributed by atoms with E-state index in [1.54, 1.807) is 0 Å². The van der Waals surface area contributed by atoms with Gasteiger partial charge in [0, 0.05) is 6.54 Å². The summed E-state index contributed by atoms with van der Waals surface area (Å²) in [6.07, 6.45) is 0.821. The highest BCUT2D eigenvalue weighted by Crippen LogP contribution is 1.92. The second-order valence-electron chi connectivity index (χ2n) is 1.76. The Labute approximate surface area is 52.6 Å². The third-order valence-corrected chi connectivity index (χ3v) is 1.14. The molecule has 0 aliphatic carbocycles. The molecular formula is C5H8N2O2. The van der Waals surface area contributed by atoms with Crippen LogP contribution in [0.15, 0.2) is 11.8 Å². The van der Waals surface area contributed by atoms with Gasteiger partial charge in [-0.3, -0.25) is 10.1 Å². The Hall–Kier alpha value is -1.03. The van der Waals surface area contributed by atoms with Crippen molar-refractivity contribution in [2.75, 3.05) is 13.2 Å². The van der Waals surface area contributed by atoms with Gasteiger partial charge >= 0.3 is 0 Å². The molecule has 3 N–H and O–H groups in total. The largest absolute Gasteiger partial charge is 0.515 e. The van der Waals surface area contributed by atoms with Gasteiger partial charge in [0.2, 0.25) is 0 Å². The van der Waals surface area contributed by atoms with Gasteiger partial charge in [-0.15, -0.1) is 0 Å². The molecule has 1 heterocycles. The highest BCUT2D eigenvalue weighted by atomic mass is 16.2. The summed E-state index contributed by atoms with van der Waals surface area (Å²) in [7, 11) is 0. The molecule has 9 heavy (non-hydrogen) atoms. The van der Waals surface area contributed by atoms with Crippen LogP contribution in [0.4, 0.5) is 0 Å². The first-order valence-corrected chi connectivity index (χ1v) is 2.67. The molecule has 50 valence electrons. The lowest BCUT2D eigenvalue weighted by Crippen LogP contribution is -2.43. The SMILES string of the molecule is O=C1NCNCC1=CO. The van der Waals surface area contributed by atoms with Crippen LogP contribution in [0.2, 0.25) is 0 Å². The molecule has 1 rings (SSSR count). The number of aliphatic hydroxyl groups excluding tert-OH is 1. The van der Waals surface area contributed by atoms with Gasteiger partial charge in [-0.25, -0.2) is 0 Å². The van der Waals surface area contributed by atoms with Crippen LogP contribution in [0.25, 0.3) is 0 Å². The maximum atomic E-state index is 10.6. The molecule has 0 aromatic rings. The molecule has 0 atom stereocenters. The number of amides is 1. The van der Waals surface area contributed by atoms with Gasteiger partial charge in [0.05, 0.1) is 18.5 Å². The molecule has 1 aliphatic rings. The van der Waals surface area contributed by atoms with Crippen molar-refractivity contribution in [1.82, 2.24) is 10.6 Å². The van der Waals surface area contributed by atoms with Crippen molar-refractivity contribution in [2.24, 2.45) is 0 Å². The van der Waals surface area contributed by atoms with E-state index in [0.717, 1.165) is 6.26 Å². The lowest BCUT2D eigenvalue weighted by molar-refractivity contribution is -0.118. The first-order valence-electron chi connectivity index (χ1n) is 2.67. The van der Waals surface area contributed by atoms with Gasteiger partial charge in [0.1, 0.15) is 0 Å². The molecule has 0 bridgehead atoms. The third-order valence-electron chi connectivity index (χ3n) is 1.14. The zero-order valence-electron chi connectivity index (χ0n) is 4.85. The summed E-state index contributed by atoms with van der Waals surface area (Å²) in [4.78, 5) is 10.6. The molecule has 0 radical (unpaired) electrons. The summed E-state index contributed by atoms with van der Waals surface area (Å²) < 4.78 is 0. The van der Waals surface area contributed by atoms with Gasteiger partial charge in [-0.05, 0) is 0 Å². The van der Waals surface area contributed by atoms with Crippen LogP contribution in [-0.4, -0.2) is 24.2 Å². The van der Waals surface area contributed by atoms with Crippen molar-refractivity contribution in [3.63, 3.8) is 0 Å². The Morgan fingerprint density at radius 2 is 2.44 bits per heavy atom. The molecule has 0 aromatic heterocycles. The highest BCUT2D eigenvalue weighted by molar-refractivity contribution is 5.94. The Morgan fingerprint density at radius 3 is 2.89 bits per heavy atom. The minimum absolute atomic E-state index is 0.198. The smallest absolute Gasteiger partial charge is 0.252 e. The summed E-state index contributed by atoms with van der Waals surface area (Å²) in [6, 6.07) is 0. The second-order valence-corrected chi connectivity index (χ2v) is 1.76. The predicted molar refractivity (Wildman–Crippen MR) is 31.7 cm³/mol. The summed E-state index contributed by atoms with van der Waals surface area (Å²) in [5.74, 6) is -0.198. The zero-order valence-corrected chi connectivity index (χ0v) is 4.85. The maximum absolute atomic E-state index is 10.6. The molecule has 0 aromatic carbocycles. The van der Waals surface area contributed by atoms with Crippen molar-refractivity contribution in [1.29, 1.82) is 0 Å². The van der Waals surface area contributed by atoms with Crippen LogP contribution >= 0.6 is 0 Å². The van der Waals surface area contributed by atoms with E-state index in [4.69, 9.17) is 5.11 Å². The van der Waals surface area contributed by atoms with Crippen LogP contribution in [0.5, 0.6) is 0 Å². The average molecular weight is 128 g/mol. The van der Waals surface area contributed by atoms with E-state index in [1.165, 1.54) is 0 Å². The van der Waals surface area contributed by atoms with E-state index in [9.17, 15) is 4.79 Å². The Bertz CT molecular complexity index is 153. The van der Waals surface area contributed by atoms with Gasteiger partial charge < -0.3 is 10.4 Å². The minimum atomic E-state index is -0.198. The Balaban J connectivity index is 2.60. The quantitative estimate of drug-likeness (QED) is 0.293. The van der Waals surface area contributed by atoms with E-state index in [-0.39, 0.29) is 5.91 Å². The highest BCUT2D eigenvalue weighted by Gasteiger charge is 2.12. The van der Waals surface area contributed by atoms with Gasteiger partial charge in [0.15, 0.2) is 0 Å². The first-order chi connectivity index (χ1) is 4.34. The summed E-state index contributed by atoms with van der Waals surface area (Å²) >= 11 is 0. The second kappa shape index (κ2) is 2.50. The summed E-state index contributed by atoms with van der Waals surface area (Å²) in [5, 5.41) is 13.8. The summed E-state index contributed by atoms with van der Waals surface area (Å²) in [6.45, 7) is 0.929. The normalized spacial score (nSPS) is 24.0. The lowest BCUT2D eigenvalue weighted by Gasteiger charge is -2.14. The van der Waals surface area contributed by atoms with Gasteiger partial charge in [-0.2, -0.15) is 0 Å². The Morgan fingerprint density at radius 1 is 1.67 bits per heavy atom.